The second kappa shape index (κ2) is 7.30. The van der Waals surface area contributed by atoms with Crippen molar-refractivity contribution in [2.75, 3.05) is 20.1 Å². The molecule has 142 valence electrons. The average molecular weight is 373 g/mol. The van der Waals surface area contributed by atoms with E-state index in [0.717, 1.165) is 0 Å². The average Bonchev–Trinajstić information content (AvgIpc) is 2.91. The van der Waals surface area contributed by atoms with E-state index in [0.29, 0.717) is 10.5 Å². The fourth-order valence-electron chi connectivity index (χ4n) is 2.91. The molecule has 1 aliphatic rings. The van der Waals surface area contributed by atoms with Crippen LogP contribution in [0.2, 0.25) is 0 Å². The minimum Gasteiger partial charge on any atom is -0.339 e. The van der Waals surface area contributed by atoms with Gasteiger partial charge >= 0.3 is 6.18 Å². The number of amides is 2. The molecule has 0 unspecified atom stereocenters. The highest BCUT2D eigenvalue weighted by Crippen LogP contribution is 2.28. The van der Waals surface area contributed by atoms with Gasteiger partial charge in [-0.25, -0.2) is 0 Å². The molecular formula is C16H18F3N3O4. The van der Waals surface area contributed by atoms with E-state index in [-0.39, 0.29) is 18.7 Å². The zero-order chi connectivity index (χ0) is 19.6. The maximum atomic E-state index is 12.6. The van der Waals surface area contributed by atoms with Crippen molar-refractivity contribution in [1.29, 1.82) is 0 Å². The minimum absolute atomic E-state index is 0.123. The molecule has 0 spiro atoms. The van der Waals surface area contributed by atoms with Gasteiger partial charge in [-0.3, -0.25) is 19.7 Å². The fraction of sp³-hybridized carbons (Fsp3) is 0.500. The molecule has 1 saturated heterocycles. The van der Waals surface area contributed by atoms with Crippen LogP contribution in [0.25, 0.3) is 0 Å². The number of non-ortho nitro benzene ring substituents is 1. The molecule has 1 aromatic carbocycles. The highest BCUT2D eigenvalue weighted by molar-refractivity contribution is 5.89. The molecule has 1 aromatic rings. The van der Waals surface area contributed by atoms with E-state index < -0.39 is 41.4 Å². The number of benzene rings is 1. The zero-order valence-corrected chi connectivity index (χ0v) is 14.2. The minimum atomic E-state index is -4.52. The lowest BCUT2D eigenvalue weighted by molar-refractivity contribution is -0.384. The van der Waals surface area contributed by atoms with Gasteiger partial charge in [0.25, 0.3) is 5.69 Å². The van der Waals surface area contributed by atoms with E-state index >= 15 is 0 Å². The number of carbonyl (C=O) groups excluding carboxylic acids is 2. The molecule has 0 bridgehead atoms. The Labute approximate surface area is 147 Å². The Morgan fingerprint density at radius 2 is 2.12 bits per heavy atom. The number of likely N-dealkylation sites (tertiary alicyclic amines) is 1. The number of hydrogen-bond acceptors (Lipinski definition) is 4. The molecule has 0 aromatic heterocycles. The highest BCUT2D eigenvalue weighted by Gasteiger charge is 2.41. The van der Waals surface area contributed by atoms with Gasteiger partial charge in [-0.2, -0.15) is 13.2 Å². The summed E-state index contributed by atoms with van der Waals surface area (Å²) in [6.07, 6.45) is -4.79. The van der Waals surface area contributed by atoms with E-state index in [1.54, 1.807) is 13.0 Å². The standard InChI is InChI=1S/C16H18F3N3O4/c1-10(11-4-3-5-13(6-11)22(25)26)20(2)15(24)12-7-14(23)21(8-12)9-16(17,18)19/h3-6,10,12H,7-9H2,1-2H3/t10-,12-/m0/s1. The Bertz CT molecular complexity index is 723. The van der Waals surface area contributed by atoms with Crippen LogP contribution >= 0.6 is 0 Å². The van der Waals surface area contributed by atoms with E-state index in [2.05, 4.69) is 0 Å². The van der Waals surface area contributed by atoms with Crippen LogP contribution in [0, 0.1) is 16.0 Å². The maximum absolute atomic E-state index is 12.6. The summed E-state index contributed by atoms with van der Waals surface area (Å²) in [5.41, 5.74) is 0.397. The molecule has 0 saturated carbocycles. The van der Waals surface area contributed by atoms with Crippen molar-refractivity contribution in [2.24, 2.45) is 5.92 Å². The van der Waals surface area contributed by atoms with E-state index in [4.69, 9.17) is 0 Å². The van der Waals surface area contributed by atoms with Crippen LogP contribution in [0.15, 0.2) is 24.3 Å². The number of carbonyl (C=O) groups is 2. The summed E-state index contributed by atoms with van der Waals surface area (Å²) in [6.45, 7) is -0.00977. The Hall–Kier alpha value is -2.65. The van der Waals surface area contributed by atoms with E-state index in [1.807, 2.05) is 0 Å². The zero-order valence-electron chi connectivity index (χ0n) is 14.2. The third-order valence-corrected chi connectivity index (χ3v) is 4.43. The first-order valence-corrected chi connectivity index (χ1v) is 7.85. The topological polar surface area (TPSA) is 83.8 Å². The number of nitro benzene ring substituents is 1. The predicted octanol–water partition coefficient (Wildman–Crippen LogP) is 2.53. The van der Waals surface area contributed by atoms with Crippen molar-refractivity contribution in [3.8, 4) is 0 Å². The van der Waals surface area contributed by atoms with Gasteiger partial charge in [-0.05, 0) is 12.5 Å². The molecule has 0 radical (unpaired) electrons. The summed E-state index contributed by atoms with van der Waals surface area (Å²) in [5.74, 6) is -2.05. The number of hydrogen-bond donors (Lipinski definition) is 0. The first-order chi connectivity index (χ1) is 12.0. The maximum Gasteiger partial charge on any atom is 0.406 e. The lowest BCUT2D eigenvalue weighted by Crippen LogP contribution is -2.38. The van der Waals surface area contributed by atoms with Gasteiger partial charge < -0.3 is 9.80 Å². The van der Waals surface area contributed by atoms with Crippen LogP contribution < -0.4 is 0 Å². The third kappa shape index (κ3) is 4.50. The van der Waals surface area contributed by atoms with Crippen LogP contribution in [0.1, 0.15) is 24.9 Å². The SMILES string of the molecule is C[C@@H](c1cccc([N+](=O)[O-])c1)N(C)C(=O)[C@H]1CC(=O)N(CC(F)(F)F)C1. The van der Waals surface area contributed by atoms with Crippen LogP contribution in [-0.2, 0) is 9.59 Å². The molecule has 2 rings (SSSR count). The molecule has 2 amide bonds. The Balaban J connectivity index is 2.08. The summed E-state index contributed by atoms with van der Waals surface area (Å²) < 4.78 is 37.4. The second-order valence-electron chi connectivity index (χ2n) is 6.27. The number of halogens is 3. The van der Waals surface area contributed by atoms with Crippen molar-refractivity contribution in [1.82, 2.24) is 9.80 Å². The van der Waals surface area contributed by atoms with Crippen LogP contribution in [0.4, 0.5) is 18.9 Å². The quantitative estimate of drug-likeness (QED) is 0.586. The lowest BCUT2D eigenvalue weighted by Gasteiger charge is -2.28. The molecule has 0 N–H and O–H groups in total. The van der Waals surface area contributed by atoms with E-state index in [9.17, 15) is 32.9 Å². The van der Waals surface area contributed by atoms with Gasteiger partial charge in [0.1, 0.15) is 6.54 Å². The normalized spacial score (nSPS) is 18.7. The molecule has 26 heavy (non-hydrogen) atoms. The molecule has 10 heteroatoms. The molecular weight excluding hydrogens is 355 g/mol. The van der Waals surface area contributed by atoms with Gasteiger partial charge in [0, 0.05) is 32.1 Å². The highest BCUT2D eigenvalue weighted by atomic mass is 19.4. The summed E-state index contributed by atoms with van der Waals surface area (Å²) >= 11 is 0. The Kier molecular flexibility index (Phi) is 5.53. The van der Waals surface area contributed by atoms with Crippen molar-refractivity contribution < 1.29 is 27.7 Å². The largest absolute Gasteiger partial charge is 0.406 e. The summed E-state index contributed by atoms with van der Waals surface area (Å²) in [4.78, 5) is 36.5. The third-order valence-electron chi connectivity index (χ3n) is 4.43. The smallest absolute Gasteiger partial charge is 0.339 e. The first kappa shape index (κ1) is 19.7. The van der Waals surface area contributed by atoms with Crippen LogP contribution in [0.5, 0.6) is 0 Å². The van der Waals surface area contributed by atoms with Crippen molar-refractivity contribution >= 4 is 17.5 Å². The molecule has 1 fully saturated rings. The van der Waals surface area contributed by atoms with Gasteiger partial charge in [-0.1, -0.05) is 12.1 Å². The Morgan fingerprint density at radius 3 is 2.69 bits per heavy atom. The summed E-state index contributed by atoms with van der Waals surface area (Å²) in [6, 6.07) is 5.24. The monoisotopic (exact) mass is 373 g/mol. The van der Waals surface area contributed by atoms with Crippen molar-refractivity contribution in [3.05, 3.63) is 39.9 Å². The van der Waals surface area contributed by atoms with Crippen LogP contribution in [0.3, 0.4) is 0 Å². The van der Waals surface area contributed by atoms with E-state index in [1.165, 1.54) is 30.1 Å². The fourth-order valence-corrected chi connectivity index (χ4v) is 2.91. The number of alkyl halides is 3. The predicted molar refractivity (Wildman–Crippen MR) is 85.0 cm³/mol. The molecule has 1 aliphatic heterocycles. The van der Waals surface area contributed by atoms with Gasteiger partial charge in [0.2, 0.25) is 11.8 Å². The molecule has 2 atom stereocenters. The lowest BCUT2D eigenvalue weighted by atomic mass is 10.0. The molecule has 0 aliphatic carbocycles. The van der Waals surface area contributed by atoms with Gasteiger partial charge in [0.15, 0.2) is 0 Å². The first-order valence-electron chi connectivity index (χ1n) is 7.85. The molecule has 7 nitrogen and oxygen atoms in total. The number of rotatable bonds is 5. The second-order valence-corrected chi connectivity index (χ2v) is 6.27. The van der Waals surface area contributed by atoms with Gasteiger partial charge in [0.05, 0.1) is 16.9 Å². The number of nitro groups is 1. The summed E-state index contributed by atoms with van der Waals surface area (Å²) in [5, 5.41) is 10.9. The van der Waals surface area contributed by atoms with Crippen molar-refractivity contribution in [2.45, 2.75) is 25.6 Å². The van der Waals surface area contributed by atoms with Gasteiger partial charge in [-0.15, -0.1) is 0 Å². The Morgan fingerprint density at radius 1 is 1.46 bits per heavy atom. The molecule has 1 heterocycles. The summed E-state index contributed by atoms with van der Waals surface area (Å²) in [7, 11) is 1.46. The number of nitrogens with zero attached hydrogens (tertiary/aromatic N) is 3. The van der Waals surface area contributed by atoms with Crippen LogP contribution in [-0.4, -0.2) is 52.9 Å². The van der Waals surface area contributed by atoms with Crippen molar-refractivity contribution in [3.63, 3.8) is 0 Å².